The highest BCUT2D eigenvalue weighted by atomic mass is 16.2. The van der Waals surface area contributed by atoms with E-state index in [9.17, 15) is 9.59 Å². The number of rotatable bonds is 3. The van der Waals surface area contributed by atoms with Crippen LogP contribution in [0.3, 0.4) is 0 Å². The summed E-state index contributed by atoms with van der Waals surface area (Å²) in [6.45, 7) is 4.47. The van der Waals surface area contributed by atoms with Crippen LogP contribution in [0.15, 0.2) is 12.3 Å². The number of hydrogen-bond donors (Lipinski definition) is 2. The molecule has 0 aromatic carbocycles. The topological polar surface area (TPSA) is 75.4 Å². The molecule has 1 aliphatic heterocycles. The van der Waals surface area contributed by atoms with E-state index in [4.69, 9.17) is 5.84 Å². The number of quaternary nitrogens is 1. The quantitative estimate of drug-likeness (QED) is 0.391. The molecule has 3 amide bonds. The standard InChI is InChI=1S/C9H17N4O2/c1-7(2)6-13(11-10)5-4-8(14)12(3)9(13)15/h4-5,7,11H,6,10H2,1-3H3/q+1. The Morgan fingerprint density at radius 2 is 2.13 bits per heavy atom. The van der Waals surface area contributed by atoms with Crippen LogP contribution in [0.5, 0.6) is 0 Å². The van der Waals surface area contributed by atoms with E-state index < -0.39 is 0 Å². The van der Waals surface area contributed by atoms with Gasteiger partial charge in [-0.1, -0.05) is 19.4 Å². The van der Waals surface area contributed by atoms with Gasteiger partial charge in [0.05, 0.1) is 6.08 Å². The van der Waals surface area contributed by atoms with Crippen molar-refractivity contribution in [2.75, 3.05) is 13.6 Å². The van der Waals surface area contributed by atoms with Crippen LogP contribution in [0.2, 0.25) is 0 Å². The maximum atomic E-state index is 11.9. The van der Waals surface area contributed by atoms with E-state index in [0.717, 1.165) is 4.90 Å². The van der Waals surface area contributed by atoms with E-state index in [1.54, 1.807) is 0 Å². The minimum atomic E-state index is -0.362. The van der Waals surface area contributed by atoms with Crippen molar-refractivity contribution in [3.05, 3.63) is 12.3 Å². The first-order valence-electron chi connectivity index (χ1n) is 4.80. The number of nitrogens with two attached hydrogens (primary N) is 1. The summed E-state index contributed by atoms with van der Waals surface area (Å²) in [7, 11) is 1.44. The molecule has 0 aromatic heterocycles. The number of nitrogens with one attached hydrogen (secondary N) is 1. The van der Waals surface area contributed by atoms with Crippen LogP contribution in [-0.2, 0) is 4.79 Å². The summed E-state index contributed by atoms with van der Waals surface area (Å²) < 4.78 is -0.222. The predicted octanol–water partition coefficient (Wildman–Crippen LogP) is -0.0568. The summed E-state index contributed by atoms with van der Waals surface area (Å²) in [5.74, 6) is 5.34. The second-order valence-electron chi connectivity index (χ2n) is 4.07. The maximum Gasteiger partial charge on any atom is 0.451 e. The third kappa shape index (κ3) is 2.06. The van der Waals surface area contributed by atoms with Gasteiger partial charge in [0, 0.05) is 13.0 Å². The van der Waals surface area contributed by atoms with Gasteiger partial charge in [0.15, 0.2) is 0 Å². The van der Waals surface area contributed by atoms with Crippen molar-refractivity contribution < 1.29 is 14.2 Å². The summed E-state index contributed by atoms with van der Waals surface area (Å²) in [4.78, 5) is 24.2. The van der Waals surface area contributed by atoms with Crippen LogP contribution in [0.25, 0.3) is 0 Å². The first-order chi connectivity index (χ1) is 6.93. The fraction of sp³-hybridized carbons (Fsp3) is 0.556. The molecular weight excluding hydrogens is 196 g/mol. The largest absolute Gasteiger partial charge is 0.451 e. The highest BCUT2D eigenvalue weighted by Crippen LogP contribution is 2.16. The third-order valence-corrected chi connectivity index (χ3v) is 2.31. The van der Waals surface area contributed by atoms with Crippen LogP contribution < -0.4 is 11.4 Å². The van der Waals surface area contributed by atoms with Crippen LogP contribution >= 0.6 is 0 Å². The smallest absolute Gasteiger partial charge is 0.269 e. The van der Waals surface area contributed by atoms with Crippen LogP contribution in [0.1, 0.15) is 13.8 Å². The Morgan fingerprint density at radius 3 is 2.60 bits per heavy atom. The van der Waals surface area contributed by atoms with Crippen molar-refractivity contribution >= 4 is 11.9 Å². The Bertz CT molecular complexity index is 313. The third-order valence-electron chi connectivity index (χ3n) is 2.31. The van der Waals surface area contributed by atoms with Gasteiger partial charge in [-0.2, -0.15) is 0 Å². The van der Waals surface area contributed by atoms with E-state index in [-0.39, 0.29) is 22.4 Å². The van der Waals surface area contributed by atoms with Gasteiger partial charge in [-0.3, -0.25) is 4.79 Å². The molecule has 6 nitrogen and oxygen atoms in total. The molecule has 0 saturated carbocycles. The van der Waals surface area contributed by atoms with Crippen LogP contribution in [0.4, 0.5) is 4.79 Å². The Labute approximate surface area is 88.8 Å². The molecule has 1 heterocycles. The molecule has 84 valence electrons. The highest BCUT2D eigenvalue weighted by Gasteiger charge is 2.43. The second kappa shape index (κ2) is 4.09. The zero-order valence-corrected chi connectivity index (χ0v) is 9.23. The van der Waals surface area contributed by atoms with E-state index in [2.05, 4.69) is 5.53 Å². The minimum Gasteiger partial charge on any atom is -0.269 e. The molecule has 0 fully saturated rings. The molecule has 0 aromatic rings. The Morgan fingerprint density at radius 1 is 1.53 bits per heavy atom. The molecule has 1 unspecified atom stereocenters. The SMILES string of the molecule is CC(C)C[N+]1(NN)C=CC(=O)N(C)C1=O. The monoisotopic (exact) mass is 213 g/mol. The lowest BCUT2D eigenvalue weighted by Gasteiger charge is -2.35. The van der Waals surface area contributed by atoms with Crippen molar-refractivity contribution in [2.45, 2.75) is 13.8 Å². The Balaban J connectivity index is 3.04. The molecular formula is C9H17N4O2+. The number of hydrogen-bond acceptors (Lipinski definition) is 4. The molecule has 0 radical (unpaired) electrons. The van der Waals surface area contributed by atoms with Gasteiger partial charge in [-0.25, -0.2) is 15.5 Å². The van der Waals surface area contributed by atoms with Gasteiger partial charge in [-0.15, -0.1) is 4.59 Å². The van der Waals surface area contributed by atoms with Gasteiger partial charge in [-0.05, 0) is 0 Å². The van der Waals surface area contributed by atoms with Gasteiger partial charge in [0.2, 0.25) is 0 Å². The number of likely N-dealkylation sites (N-methyl/N-ethyl adjacent to an activating group) is 1. The average molecular weight is 213 g/mol. The van der Waals surface area contributed by atoms with Gasteiger partial charge in [0.1, 0.15) is 12.7 Å². The van der Waals surface area contributed by atoms with Crippen molar-refractivity contribution in [2.24, 2.45) is 11.8 Å². The fourth-order valence-electron chi connectivity index (χ4n) is 1.59. The number of nitrogens with zero attached hydrogens (tertiary/aromatic N) is 2. The lowest BCUT2D eigenvalue weighted by Crippen LogP contribution is -2.67. The number of amides is 3. The molecule has 15 heavy (non-hydrogen) atoms. The van der Waals surface area contributed by atoms with Crippen LogP contribution in [-0.4, -0.2) is 35.0 Å². The normalized spacial score (nSPS) is 26.6. The van der Waals surface area contributed by atoms with Crippen molar-refractivity contribution in [3.8, 4) is 0 Å². The minimum absolute atomic E-state index is 0.222. The first kappa shape index (κ1) is 11.8. The molecule has 0 spiro atoms. The number of carbonyl (C=O) groups excluding carboxylic acids is 2. The number of urea groups is 1. The summed E-state index contributed by atoms with van der Waals surface area (Å²) >= 11 is 0. The lowest BCUT2D eigenvalue weighted by atomic mass is 10.2. The molecule has 1 atom stereocenters. The van der Waals surface area contributed by atoms with Crippen molar-refractivity contribution in [1.82, 2.24) is 10.4 Å². The molecule has 3 N–H and O–H groups in total. The van der Waals surface area contributed by atoms with Gasteiger partial charge in [0.25, 0.3) is 5.91 Å². The van der Waals surface area contributed by atoms with Crippen molar-refractivity contribution in [3.63, 3.8) is 0 Å². The Kier molecular flexibility index (Phi) is 3.23. The van der Waals surface area contributed by atoms with E-state index in [1.165, 1.54) is 19.3 Å². The summed E-state index contributed by atoms with van der Waals surface area (Å²) in [5, 5.41) is 0. The maximum absolute atomic E-state index is 11.9. The number of imide groups is 1. The molecule has 0 aliphatic carbocycles. The van der Waals surface area contributed by atoms with E-state index >= 15 is 0 Å². The lowest BCUT2D eigenvalue weighted by molar-refractivity contribution is -0.854. The summed E-state index contributed by atoms with van der Waals surface area (Å²) in [6.07, 6.45) is 2.84. The fourth-order valence-corrected chi connectivity index (χ4v) is 1.59. The van der Waals surface area contributed by atoms with Crippen molar-refractivity contribution in [1.29, 1.82) is 0 Å². The number of hydrazine groups is 1. The second-order valence-corrected chi connectivity index (χ2v) is 4.07. The summed E-state index contributed by atoms with van der Waals surface area (Å²) in [6, 6.07) is -0.362. The predicted molar refractivity (Wildman–Crippen MR) is 54.6 cm³/mol. The first-order valence-corrected chi connectivity index (χ1v) is 4.80. The average Bonchev–Trinajstić information content (AvgIpc) is 2.19. The van der Waals surface area contributed by atoms with Gasteiger partial charge >= 0.3 is 6.03 Å². The summed E-state index contributed by atoms with van der Waals surface area (Å²) in [5.41, 5.74) is 2.46. The molecule has 1 aliphatic rings. The molecule has 0 saturated heterocycles. The van der Waals surface area contributed by atoms with Gasteiger partial charge < -0.3 is 0 Å². The molecule has 6 heteroatoms. The number of carbonyl (C=O) groups is 2. The zero-order valence-electron chi connectivity index (χ0n) is 9.23. The van der Waals surface area contributed by atoms with Crippen LogP contribution in [0, 0.1) is 5.92 Å². The van der Waals surface area contributed by atoms with E-state index in [1.807, 2.05) is 13.8 Å². The van der Waals surface area contributed by atoms with E-state index in [0.29, 0.717) is 6.54 Å². The Hall–Kier alpha value is -1.24. The highest BCUT2D eigenvalue weighted by molar-refractivity contribution is 5.99. The zero-order chi connectivity index (χ0) is 11.6. The molecule has 1 rings (SSSR count). The molecule has 0 bridgehead atoms.